The van der Waals surface area contributed by atoms with E-state index in [1.54, 1.807) is 7.11 Å². The number of anilines is 1. The molecule has 104 valence electrons. The average molecular weight is 334 g/mol. The number of benzene rings is 2. The molecule has 0 bridgehead atoms. The second-order valence-electron chi connectivity index (χ2n) is 4.19. The summed E-state index contributed by atoms with van der Waals surface area (Å²) in [7, 11) is 1.62. The Bertz CT molecular complexity index is 599. The van der Waals surface area contributed by atoms with Gasteiger partial charge < -0.3 is 15.8 Å². The van der Waals surface area contributed by atoms with Gasteiger partial charge in [0.15, 0.2) is 5.96 Å². The molecule has 0 saturated heterocycles. The molecule has 3 N–H and O–H groups in total. The maximum absolute atomic E-state index is 5.88. The van der Waals surface area contributed by atoms with Crippen LogP contribution in [0.3, 0.4) is 0 Å². The van der Waals surface area contributed by atoms with Crippen molar-refractivity contribution in [2.75, 3.05) is 12.4 Å². The predicted octanol–water partition coefficient (Wildman–Crippen LogP) is 3.38. The van der Waals surface area contributed by atoms with Crippen LogP contribution in [0.25, 0.3) is 0 Å². The highest BCUT2D eigenvalue weighted by molar-refractivity contribution is 9.10. The van der Waals surface area contributed by atoms with Crippen LogP contribution < -0.4 is 15.8 Å². The molecule has 2 aromatic rings. The van der Waals surface area contributed by atoms with E-state index in [0.29, 0.717) is 12.5 Å². The van der Waals surface area contributed by atoms with E-state index in [4.69, 9.17) is 10.5 Å². The van der Waals surface area contributed by atoms with Gasteiger partial charge in [-0.05, 0) is 17.7 Å². The number of ether oxygens (including phenoxy) is 1. The van der Waals surface area contributed by atoms with Crippen LogP contribution in [0.5, 0.6) is 5.75 Å². The molecule has 0 fully saturated rings. The lowest BCUT2D eigenvalue weighted by molar-refractivity contribution is 0.415. The maximum atomic E-state index is 5.88. The molecule has 2 aromatic carbocycles. The Labute approximate surface area is 126 Å². The summed E-state index contributed by atoms with van der Waals surface area (Å²) in [5.41, 5.74) is 7.82. The molecule has 0 heterocycles. The minimum absolute atomic E-state index is 0.369. The number of rotatable bonds is 4. The Morgan fingerprint density at radius 1 is 1.25 bits per heavy atom. The summed E-state index contributed by atoms with van der Waals surface area (Å²) in [4.78, 5) is 4.30. The van der Waals surface area contributed by atoms with E-state index in [1.807, 2.05) is 48.5 Å². The van der Waals surface area contributed by atoms with Crippen molar-refractivity contribution >= 4 is 27.6 Å². The third kappa shape index (κ3) is 4.28. The van der Waals surface area contributed by atoms with Gasteiger partial charge in [-0.25, -0.2) is 4.99 Å². The van der Waals surface area contributed by atoms with Gasteiger partial charge in [0.25, 0.3) is 0 Å². The van der Waals surface area contributed by atoms with E-state index in [1.165, 1.54) is 0 Å². The van der Waals surface area contributed by atoms with Crippen molar-refractivity contribution in [3.63, 3.8) is 0 Å². The molecule has 0 atom stereocenters. The first-order chi connectivity index (χ1) is 9.67. The summed E-state index contributed by atoms with van der Waals surface area (Å²) in [6, 6.07) is 15.6. The molecule has 0 aliphatic rings. The minimum atomic E-state index is 0.369. The Balaban J connectivity index is 2.04. The fourth-order valence-corrected chi connectivity index (χ4v) is 2.17. The summed E-state index contributed by atoms with van der Waals surface area (Å²) < 4.78 is 6.11. The average Bonchev–Trinajstić information content (AvgIpc) is 2.45. The van der Waals surface area contributed by atoms with Crippen molar-refractivity contribution in [2.24, 2.45) is 10.7 Å². The van der Waals surface area contributed by atoms with Gasteiger partial charge in [0.2, 0.25) is 0 Å². The van der Waals surface area contributed by atoms with Gasteiger partial charge >= 0.3 is 0 Å². The van der Waals surface area contributed by atoms with Gasteiger partial charge in [-0.15, -0.1) is 0 Å². The molecule has 0 aliphatic heterocycles. The Morgan fingerprint density at radius 2 is 2.00 bits per heavy atom. The number of nitrogens with two attached hydrogens (primary N) is 1. The van der Waals surface area contributed by atoms with Crippen LogP contribution in [0.2, 0.25) is 0 Å². The molecule has 2 rings (SSSR count). The lowest BCUT2D eigenvalue weighted by Crippen LogP contribution is -2.22. The molecular formula is C15H16BrN3O. The summed E-state index contributed by atoms with van der Waals surface area (Å²) >= 11 is 3.42. The fourth-order valence-electron chi connectivity index (χ4n) is 1.70. The first kappa shape index (κ1) is 14.4. The Kier molecular flexibility index (Phi) is 5.01. The number of methoxy groups -OCH3 is 1. The molecule has 5 heteroatoms. The smallest absolute Gasteiger partial charge is 0.193 e. The quantitative estimate of drug-likeness (QED) is 0.666. The van der Waals surface area contributed by atoms with Crippen molar-refractivity contribution in [2.45, 2.75) is 6.54 Å². The van der Waals surface area contributed by atoms with Crippen LogP contribution in [0.15, 0.2) is 58.0 Å². The number of guanidine groups is 1. The number of hydrogen-bond acceptors (Lipinski definition) is 2. The van der Waals surface area contributed by atoms with Crippen molar-refractivity contribution in [1.82, 2.24) is 0 Å². The predicted molar refractivity (Wildman–Crippen MR) is 86.1 cm³/mol. The van der Waals surface area contributed by atoms with E-state index in [-0.39, 0.29) is 0 Å². The third-order valence-corrected chi connectivity index (χ3v) is 3.11. The van der Waals surface area contributed by atoms with Crippen molar-refractivity contribution in [3.8, 4) is 5.75 Å². The highest BCUT2D eigenvalue weighted by Gasteiger charge is 2.01. The van der Waals surface area contributed by atoms with E-state index in [0.717, 1.165) is 21.5 Å². The SMILES string of the molecule is COc1cc(Br)cc(NC(N)=NCc2ccccc2)c1. The van der Waals surface area contributed by atoms with E-state index >= 15 is 0 Å². The molecule has 20 heavy (non-hydrogen) atoms. The first-order valence-corrected chi connectivity index (χ1v) is 6.92. The van der Waals surface area contributed by atoms with Gasteiger partial charge in [-0.3, -0.25) is 0 Å². The highest BCUT2D eigenvalue weighted by Crippen LogP contribution is 2.24. The van der Waals surface area contributed by atoms with Crippen LogP contribution in [0.4, 0.5) is 5.69 Å². The zero-order valence-corrected chi connectivity index (χ0v) is 12.7. The topological polar surface area (TPSA) is 59.6 Å². The van der Waals surface area contributed by atoms with Crippen molar-refractivity contribution in [3.05, 3.63) is 58.6 Å². The van der Waals surface area contributed by atoms with Crippen LogP contribution in [0, 0.1) is 0 Å². The van der Waals surface area contributed by atoms with Gasteiger partial charge in [0, 0.05) is 16.2 Å². The zero-order valence-electron chi connectivity index (χ0n) is 11.1. The molecule has 0 radical (unpaired) electrons. The van der Waals surface area contributed by atoms with E-state index < -0.39 is 0 Å². The monoisotopic (exact) mass is 333 g/mol. The molecule has 0 saturated carbocycles. The van der Waals surface area contributed by atoms with Crippen molar-refractivity contribution in [1.29, 1.82) is 0 Å². The number of aliphatic imine (C=N–C) groups is 1. The molecule has 0 aliphatic carbocycles. The largest absolute Gasteiger partial charge is 0.497 e. The first-order valence-electron chi connectivity index (χ1n) is 6.13. The van der Waals surface area contributed by atoms with Crippen LogP contribution >= 0.6 is 15.9 Å². The molecule has 4 nitrogen and oxygen atoms in total. The summed E-state index contributed by atoms with van der Waals surface area (Å²) in [6.07, 6.45) is 0. The fraction of sp³-hybridized carbons (Fsp3) is 0.133. The standard InChI is InChI=1S/C15H16BrN3O/c1-20-14-8-12(16)7-13(9-14)19-15(17)18-10-11-5-3-2-4-6-11/h2-9H,10H2,1H3,(H3,17,18,19). The lowest BCUT2D eigenvalue weighted by atomic mass is 10.2. The van der Waals surface area contributed by atoms with Gasteiger partial charge in [0.1, 0.15) is 5.75 Å². The molecule has 0 amide bonds. The van der Waals surface area contributed by atoms with E-state index in [9.17, 15) is 0 Å². The summed E-state index contributed by atoms with van der Waals surface area (Å²) in [5.74, 6) is 1.12. The Morgan fingerprint density at radius 3 is 2.70 bits per heavy atom. The maximum Gasteiger partial charge on any atom is 0.193 e. The molecule has 0 unspecified atom stereocenters. The zero-order chi connectivity index (χ0) is 14.4. The van der Waals surface area contributed by atoms with Gasteiger partial charge in [-0.1, -0.05) is 46.3 Å². The number of halogens is 1. The summed E-state index contributed by atoms with van der Waals surface area (Å²) in [5, 5.41) is 3.05. The molecule has 0 spiro atoms. The van der Waals surface area contributed by atoms with Crippen LogP contribution in [-0.2, 0) is 6.54 Å². The van der Waals surface area contributed by atoms with Crippen molar-refractivity contribution < 1.29 is 4.74 Å². The number of hydrogen-bond donors (Lipinski definition) is 2. The van der Waals surface area contributed by atoms with E-state index in [2.05, 4.69) is 26.2 Å². The Hall–Kier alpha value is -2.01. The number of nitrogens with zero attached hydrogens (tertiary/aromatic N) is 1. The van der Waals surface area contributed by atoms with Crippen LogP contribution in [-0.4, -0.2) is 13.1 Å². The molecule has 0 aromatic heterocycles. The van der Waals surface area contributed by atoms with Crippen LogP contribution in [0.1, 0.15) is 5.56 Å². The minimum Gasteiger partial charge on any atom is -0.497 e. The lowest BCUT2D eigenvalue weighted by Gasteiger charge is -2.08. The number of nitrogens with one attached hydrogen (secondary N) is 1. The third-order valence-electron chi connectivity index (χ3n) is 2.65. The summed E-state index contributed by atoms with van der Waals surface area (Å²) in [6.45, 7) is 0.546. The van der Waals surface area contributed by atoms with Gasteiger partial charge in [0.05, 0.1) is 13.7 Å². The molecular weight excluding hydrogens is 318 g/mol. The second kappa shape index (κ2) is 6.96. The second-order valence-corrected chi connectivity index (χ2v) is 5.11. The van der Waals surface area contributed by atoms with Gasteiger partial charge in [-0.2, -0.15) is 0 Å². The highest BCUT2D eigenvalue weighted by atomic mass is 79.9. The normalized spacial score (nSPS) is 11.2.